The van der Waals surface area contributed by atoms with Crippen LogP contribution in [0.5, 0.6) is 0 Å². The SMILES string of the molecule is O=C(NCc1cncc(-c2ccoc2)c1)OCCN1CCOCC1. The zero-order valence-corrected chi connectivity index (χ0v) is 13.4. The molecule has 1 N–H and O–H groups in total. The third-order valence-electron chi connectivity index (χ3n) is 3.83. The van der Waals surface area contributed by atoms with E-state index in [4.69, 9.17) is 13.9 Å². The normalized spacial score (nSPS) is 15.2. The highest BCUT2D eigenvalue weighted by atomic mass is 16.5. The van der Waals surface area contributed by atoms with Crippen molar-refractivity contribution in [2.75, 3.05) is 39.5 Å². The van der Waals surface area contributed by atoms with Gasteiger partial charge >= 0.3 is 6.09 Å². The van der Waals surface area contributed by atoms with Crippen LogP contribution in [0.1, 0.15) is 5.56 Å². The molecule has 1 aliphatic heterocycles. The Balaban J connectivity index is 1.40. The van der Waals surface area contributed by atoms with E-state index >= 15 is 0 Å². The molecule has 0 spiro atoms. The molecule has 1 fully saturated rings. The fraction of sp³-hybridized carbons (Fsp3) is 0.412. The highest BCUT2D eigenvalue weighted by molar-refractivity contribution is 5.67. The van der Waals surface area contributed by atoms with Crippen LogP contribution in [0, 0.1) is 0 Å². The molecule has 0 aromatic carbocycles. The number of nitrogens with zero attached hydrogens (tertiary/aromatic N) is 2. The van der Waals surface area contributed by atoms with E-state index in [0.717, 1.165) is 49.5 Å². The molecule has 0 aliphatic carbocycles. The molecule has 24 heavy (non-hydrogen) atoms. The van der Waals surface area contributed by atoms with Gasteiger partial charge in [0.1, 0.15) is 6.61 Å². The van der Waals surface area contributed by atoms with Gasteiger partial charge in [0.2, 0.25) is 0 Å². The third kappa shape index (κ3) is 4.81. The standard InChI is InChI=1S/C17H21N3O4/c21-17(24-8-4-20-2-6-22-7-3-20)19-11-14-9-16(12-18-10-14)15-1-5-23-13-15/h1,5,9-10,12-13H,2-4,6-8,11H2,(H,19,21). The van der Waals surface area contributed by atoms with Crippen LogP contribution in [0.15, 0.2) is 41.5 Å². The number of alkyl carbamates (subject to hydrolysis) is 1. The van der Waals surface area contributed by atoms with E-state index in [0.29, 0.717) is 13.2 Å². The van der Waals surface area contributed by atoms with Crippen LogP contribution in [-0.2, 0) is 16.0 Å². The number of amides is 1. The van der Waals surface area contributed by atoms with Crippen molar-refractivity contribution in [1.82, 2.24) is 15.2 Å². The van der Waals surface area contributed by atoms with E-state index in [1.165, 1.54) is 0 Å². The van der Waals surface area contributed by atoms with Gasteiger partial charge in [-0.15, -0.1) is 0 Å². The first kappa shape index (κ1) is 16.5. The highest BCUT2D eigenvalue weighted by Gasteiger charge is 2.11. The molecule has 0 radical (unpaired) electrons. The number of furan rings is 1. The summed E-state index contributed by atoms with van der Waals surface area (Å²) in [6, 6.07) is 3.83. The number of hydrogen-bond acceptors (Lipinski definition) is 6. The Bertz CT molecular complexity index is 639. The van der Waals surface area contributed by atoms with Gasteiger partial charge in [0.15, 0.2) is 0 Å². The monoisotopic (exact) mass is 331 g/mol. The Morgan fingerprint density at radius 1 is 1.29 bits per heavy atom. The molecule has 0 atom stereocenters. The molecule has 0 unspecified atom stereocenters. The number of carbonyl (C=O) groups excluding carboxylic acids is 1. The van der Waals surface area contributed by atoms with Gasteiger partial charge in [-0.1, -0.05) is 0 Å². The molecule has 128 valence electrons. The van der Waals surface area contributed by atoms with Crippen molar-refractivity contribution in [3.05, 3.63) is 42.6 Å². The van der Waals surface area contributed by atoms with E-state index in [1.54, 1.807) is 24.9 Å². The van der Waals surface area contributed by atoms with Crippen LogP contribution in [0.3, 0.4) is 0 Å². The molecular formula is C17H21N3O4. The summed E-state index contributed by atoms with van der Waals surface area (Å²) in [5.41, 5.74) is 2.81. The first-order valence-electron chi connectivity index (χ1n) is 7.98. The van der Waals surface area contributed by atoms with E-state index in [9.17, 15) is 4.79 Å². The molecule has 3 rings (SSSR count). The number of aromatic nitrogens is 1. The van der Waals surface area contributed by atoms with Crippen LogP contribution < -0.4 is 5.32 Å². The molecule has 3 heterocycles. The number of morpholine rings is 1. The van der Waals surface area contributed by atoms with Crippen LogP contribution in [0.4, 0.5) is 4.79 Å². The lowest BCUT2D eigenvalue weighted by Gasteiger charge is -2.26. The molecule has 0 bridgehead atoms. The lowest BCUT2D eigenvalue weighted by molar-refractivity contribution is 0.0281. The number of carbonyl (C=O) groups is 1. The van der Waals surface area contributed by atoms with Gasteiger partial charge < -0.3 is 19.2 Å². The van der Waals surface area contributed by atoms with Crippen molar-refractivity contribution in [3.8, 4) is 11.1 Å². The van der Waals surface area contributed by atoms with Crippen LogP contribution in [0.25, 0.3) is 11.1 Å². The molecular weight excluding hydrogens is 310 g/mol. The predicted molar refractivity (Wildman–Crippen MR) is 87.4 cm³/mol. The van der Waals surface area contributed by atoms with Gasteiger partial charge in [-0.25, -0.2) is 4.79 Å². The van der Waals surface area contributed by atoms with E-state index < -0.39 is 6.09 Å². The minimum absolute atomic E-state index is 0.370. The lowest BCUT2D eigenvalue weighted by Crippen LogP contribution is -2.39. The van der Waals surface area contributed by atoms with Gasteiger partial charge in [-0.2, -0.15) is 0 Å². The van der Waals surface area contributed by atoms with Gasteiger partial charge in [0, 0.05) is 49.7 Å². The zero-order valence-electron chi connectivity index (χ0n) is 13.4. The molecule has 1 amide bonds. The Morgan fingerprint density at radius 2 is 2.17 bits per heavy atom. The maximum Gasteiger partial charge on any atom is 0.407 e. The molecule has 7 heteroatoms. The maximum atomic E-state index is 11.8. The average molecular weight is 331 g/mol. The van der Waals surface area contributed by atoms with Crippen molar-refractivity contribution in [2.24, 2.45) is 0 Å². The molecule has 2 aromatic heterocycles. The number of hydrogen-bond donors (Lipinski definition) is 1. The number of pyridine rings is 1. The van der Waals surface area contributed by atoms with Crippen molar-refractivity contribution in [3.63, 3.8) is 0 Å². The Kier molecular flexibility index (Phi) is 5.81. The summed E-state index contributed by atoms with van der Waals surface area (Å²) < 4.78 is 15.6. The van der Waals surface area contributed by atoms with E-state index in [2.05, 4.69) is 15.2 Å². The van der Waals surface area contributed by atoms with Gasteiger partial charge in [0.25, 0.3) is 0 Å². The molecule has 0 saturated carbocycles. The van der Waals surface area contributed by atoms with Crippen LogP contribution >= 0.6 is 0 Å². The first-order chi connectivity index (χ1) is 11.8. The molecule has 1 saturated heterocycles. The summed E-state index contributed by atoms with van der Waals surface area (Å²) in [4.78, 5) is 18.2. The summed E-state index contributed by atoms with van der Waals surface area (Å²) in [5.74, 6) is 0. The van der Waals surface area contributed by atoms with E-state index in [1.807, 2.05) is 12.1 Å². The predicted octanol–water partition coefficient (Wildman–Crippen LogP) is 1.90. The smallest absolute Gasteiger partial charge is 0.407 e. The number of ether oxygens (including phenoxy) is 2. The summed E-state index contributed by atoms with van der Waals surface area (Å²) >= 11 is 0. The Hall–Kier alpha value is -2.38. The van der Waals surface area contributed by atoms with Crippen LogP contribution in [0.2, 0.25) is 0 Å². The summed E-state index contributed by atoms with van der Waals surface area (Å²) in [7, 11) is 0. The molecule has 1 aliphatic rings. The minimum Gasteiger partial charge on any atom is -0.472 e. The average Bonchev–Trinajstić information content (AvgIpc) is 3.16. The van der Waals surface area contributed by atoms with E-state index in [-0.39, 0.29) is 0 Å². The minimum atomic E-state index is -0.419. The fourth-order valence-electron chi connectivity index (χ4n) is 2.49. The first-order valence-corrected chi connectivity index (χ1v) is 7.98. The topological polar surface area (TPSA) is 76.8 Å². The molecule has 2 aromatic rings. The van der Waals surface area contributed by atoms with Crippen LogP contribution in [-0.4, -0.2) is 55.4 Å². The van der Waals surface area contributed by atoms with Crippen molar-refractivity contribution >= 4 is 6.09 Å². The second-order valence-electron chi connectivity index (χ2n) is 5.54. The van der Waals surface area contributed by atoms with Crippen molar-refractivity contribution < 1.29 is 18.7 Å². The fourth-order valence-corrected chi connectivity index (χ4v) is 2.49. The number of rotatable bonds is 6. The Morgan fingerprint density at radius 3 is 2.96 bits per heavy atom. The lowest BCUT2D eigenvalue weighted by atomic mass is 10.1. The number of nitrogens with one attached hydrogen (secondary N) is 1. The summed E-state index contributed by atoms with van der Waals surface area (Å²) in [6.45, 7) is 4.73. The van der Waals surface area contributed by atoms with Gasteiger partial charge in [0.05, 0.1) is 25.7 Å². The summed E-state index contributed by atoms with van der Waals surface area (Å²) in [6.07, 6.45) is 6.34. The second kappa shape index (κ2) is 8.47. The maximum absolute atomic E-state index is 11.8. The van der Waals surface area contributed by atoms with Crippen molar-refractivity contribution in [1.29, 1.82) is 0 Å². The largest absolute Gasteiger partial charge is 0.472 e. The highest BCUT2D eigenvalue weighted by Crippen LogP contribution is 2.19. The van der Waals surface area contributed by atoms with Crippen molar-refractivity contribution in [2.45, 2.75) is 6.54 Å². The third-order valence-corrected chi connectivity index (χ3v) is 3.83. The Labute approximate surface area is 140 Å². The zero-order chi connectivity index (χ0) is 16.6. The van der Waals surface area contributed by atoms with Gasteiger partial charge in [-0.05, 0) is 17.7 Å². The second-order valence-corrected chi connectivity index (χ2v) is 5.54. The molecule has 7 nitrogen and oxygen atoms in total. The quantitative estimate of drug-likeness (QED) is 0.871. The summed E-state index contributed by atoms with van der Waals surface area (Å²) in [5, 5.41) is 2.74. The van der Waals surface area contributed by atoms with Gasteiger partial charge in [-0.3, -0.25) is 9.88 Å².